The maximum absolute atomic E-state index is 12.4. The number of ketones is 1. The number of Topliss-reactive ketones (excluding diaryl/α,β-unsaturated/α-hetero) is 1. The van der Waals surface area contributed by atoms with E-state index in [1.807, 2.05) is 25.1 Å². The van der Waals surface area contributed by atoms with Crippen LogP contribution in [0, 0.1) is 6.92 Å². The zero-order valence-corrected chi connectivity index (χ0v) is 13.2. The van der Waals surface area contributed by atoms with Gasteiger partial charge in [0.15, 0.2) is 5.78 Å². The van der Waals surface area contributed by atoms with Gasteiger partial charge in [0.1, 0.15) is 18.0 Å². The Bertz CT molecular complexity index is 763. The lowest BCUT2D eigenvalue weighted by Gasteiger charge is -2.28. The molecule has 1 aromatic carbocycles. The Kier molecular flexibility index (Phi) is 4.61. The predicted molar refractivity (Wildman–Crippen MR) is 86.1 cm³/mol. The van der Waals surface area contributed by atoms with Crippen molar-refractivity contribution in [3.63, 3.8) is 0 Å². The second kappa shape index (κ2) is 6.83. The molecule has 2 N–H and O–H groups in total. The molecule has 24 heavy (non-hydrogen) atoms. The van der Waals surface area contributed by atoms with Crippen molar-refractivity contribution in [2.75, 3.05) is 0 Å². The number of para-hydroxylation sites is 1. The Morgan fingerprint density at radius 2 is 2.21 bits per heavy atom. The van der Waals surface area contributed by atoms with Gasteiger partial charge in [-0.05, 0) is 24.5 Å². The first-order valence-electron chi connectivity index (χ1n) is 7.60. The maximum atomic E-state index is 12.4. The number of oxime groups is 1. The number of rotatable bonds is 5. The van der Waals surface area contributed by atoms with E-state index in [2.05, 4.69) is 15.4 Å². The van der Waals surface area contributed by atoms with Gasteiger partial charge in [-0.1, -0.05) is 23.4 Å². The van der Waals surface area contributed by atoms with Gasteiger partial charge in [0, 0.05) is 12.2 Å². The zero-order valence-electron chi connectivity index (χ0n) is 13.2. The molecule has 2 aromatic rings. The van der Waals surface area contributed by atoms with Crippen molar-refractivity contribution in [3.8, 4) is 5.75 Å². The van der Waals surface area contributed by atoms with Crippen LogP contribution in [0.3, 0.4) is 0 Å². The highest BCUT2D eigenvalue weighted by molar-refractivity contribution is 6.49. The van der Waals surface area contributed by atoms with Crippen LogP contribution in [0.5, 0.6) is 5.75 Å². The molecule has 0 spiro atoms. The Hall–Kier alpha value is -2.68. The molecule has 2 heterocycles. The SMILES string of the molecule is Cc1cccc2c1OB(O)[C@@H](CC(=O)/C(Cn1nccn1)=N\O)C2. The summed E-state index contributed by atoms with van der Waals surface area (Å²) in [7, 11) is -1.08. The summed E-state index contributed by atoms with van der Waals surface area (Å²) in [6, 6.07) is 5.74. The van der Waals surface area contributed by atoms with E-state index in [1.54, 1.807) is 0 Å². The number of carbonyl (C=O) groups excluding carboxylic acids is 1. The highest BCUT2D eigenvalue weighted by atomic mass is 16.5. The van der Waals surface area contributed by atoms with Gasteiger partial charge in [0.2, 0.25) is 0 Å². The van der Waals surface area contributed by atoms with E-state index in [-0.39, 0.29) is 24.5 Å². The third kappa shape index (κ3) is 3.30. The maximum Gasteiger partial charge on any atom is 0.526 e. The van der Waals surface area contributed by atoms with E-state index >= 15 is 0 Å². The van der Waals surface area contributed by atoms with Crippen molar-refractivity contribution in [3.05, 3.63) is 41.7 Å². The lowest BCUT2D eigenvalue weighted by Crippen LogP contribution is -2.36. The van der Waals surface area contributed by atoms with E-state index < -0.39 is 12.9 Å². The van der Waals surface area contributed by atoms with E-state index in [9.17, 15) is 9.82 Å². The molecule has 0 amide bonds. The topological polar surface area (TPSA) is 110 Å². The molecule has 0 fully saturated rings. The number of nitrogens with zero attached hydrogens (tertiary/aromatic N) is 4. The highest BCUT2D eigenvalue weighted by Crippen LogP contribution is 2.35. The molecular weight excluding hydrogens is 311 g/mol. The molecule has 8 nitrogen and oxygen atoms in total. The Morgan fingerprint density at radius 1 is 1.46 bits per heavy atom. The second-order valence-electron chi connectivity index (χ2n) is 5.77. The minimum atomic E-state index is -1.08. The molecule has 0 aliphatic carbocycles. The number of carbonyl (C=O) groups is 1. The summed E-state index contributed by atoms with van der Waals surface area (Å²) in [5.41, 5.74) is 1.83. The second-order valence-corrected chi connectivity index (χ2v) is 5.77. The molecule has 0 saturated carbocycles. The standard InChI is InChI=1S/C15H17BN4O4/c1-10-3-2-4-11-7-12(16(22)24-15(10)11)8-14(21)13(19-23)9-20-17-5-6-18-20/h2-6,12,22-23H,7-9H2,1H3/b19-13-/t12-/m1/s1. The largest absolute Gasteiger partial charge is 0.536 e. The summed E-state index contributed by atoms with van der Waals surface area (Å²) in [6.07, 6.45) is 3.47. The van der Waals surface area contributed by atoms with Crippen molar-refractivity contribution in [2.24, 2.45) is 5.16 Å². The smallest absolute Gasteiger partial charge is 0.526 e. The molecule has 0 saturated heterocycles. The van der Waals surface area contributed by atoms with Gasteiger partial charge in [0.05, 0.1) is 12.4 Å². The minimum Gasteiger partial charge on any atom is -0.536 e. The van der Waals surface area contributed by atoms with Crippen molar-refractivity contribution < 1.29 is 19.7 Å². The van der Waals surface area contributed by atoms with E-state index in [4.69, 9.17) is 9.86 Å². The van der Waals surface area contributed by atoms with Crippen LogP contribution in [0.1, 0.15) is 17.5 Å². The van der Waals surface area contributed by atoms with Gasteiger partial charge >= 0.3 is 7.12 Å². The fourth-order valence-electron chi connectivity index (χ4n) is 2.81. The summed E-state index contributed by atoms with van der Waals surface area (Å²) < 4.78 is 5.57. The van der Waals surface area contributed by atoms with Crippen LogP contribution in [-0.4, -0.2) is 43.8 Å². The zero-order chi connectivity index (χ0) is 17.1. The monoisotopic (exact) mass is 328 g/mol. The molecule has 0 radical (unpaired) electrons. The van der Waals surface area contributed by atoms with Crippen LogP contribution in [0.25, 0.3) is 0 Å². The van der Waals surface area contributed by atoms with E-state index in [1.165, 1.54) is 17.2 Å². The summed E-state index contributed by atoms with van der Waals surface area (Å²) >= 11 is 0. The molecule has 1 aliphatic heterocycles. The Labute approximate surface area is 138 Å². The number of aromatic nitrogens is 3. The third-order valence-corrected chi connectivity index (χ3v) is 4.07. The van der Waals surface area contributed by atoms with Gasteiger partial charge in [-0.2, -0.15) is 15.0 Å². The first kappa shape index (κ1) is 16.2. The van der Waals surface area contributed by atoms with Gasteiger partial charge in [-0.25, -0.2) is 0 Å². The normalized spacial score (nSPS) is 17.3. The van der Waals surface area contributed by atoms with Gasteiger partial charge in [-0.15, -0.1) is 0 Å². The first-order chi connectivity index (χ1) is 11.6. The van der Waals surface area contributed by atoms with Crippen molar-refractivity contribution in [1.29, 1.82) is 0 Å². The molecule has 1 aromatic heterocycles. The van der Waals surface area contributed by atoms with Crippen LogP contribution < -0.4 is 4.65 Å². The molecule has 0 bridgehead atoms. The molecule has 0 unspecified atom stereocenters. The Balaban J connectivity index is 1.70. The van der Waals surface area contributed by atoms with Crippen molar-refractivity contribution in [1.82, 2.24) is 15.0 Å². The fourth-order valence-corrected chi connectivity index (χ4v) is 2.81. The molecule has 1 aliphatic rings. The highest BCUT2D eigenvalue weighted by Gasteiger charge is 2.37. The summed E-state index contributed by atoms with van der Waals surface area (Å²) in [4.78, 5) is 13.6. The van der Waals surface area contributed by atoms with Gasteiger partial charge in [0.25, 0.3) is 0 Å². The van der Waals surface area contributed by atoms with Crippen LogP contribution in [0.4, 0.5) is 0 Å². The number of benzene rings is 1. The molecule has 1 atom stereocenters. The molecule has 3 rings (SSSR count). The number of fused-ring (bicyclic) bond motifs is 1. The Morgan fingerprint density at radius 3 is 2.92 bits per heavy atom. The summed E-state index contributed by atoms with van der Waals surface area (Å²) in [5.74, 6) is -0.113. The van der Waals surface area contributed by atoms with Crippen LogP contribution in [0.2, 0.25) is 5.82 Å². The van der Waals surface area contributed by atoms with Crippen LogP contribution >= 0.6 is 0 Å². The molecule has 9 heteroatoms. The van der Waals surface area contributed by atoms with E-state index in [0.29, 0.717) is 12.2 Å². The van der Waals surface area contributed by atoms with Crippen molar-refractivity contribution >= 4 is 18.6 Å². The molecule has 124 valence electrons. The van der Waals surface area contributed by atoms with Crippen LogP contribution in [-0.2, 0) is 17.8 Å². The predicted octanol–water partition coefficient (Wildman–Crippen LogP) is 0.862. The average molecular weight is 328 g/mol. The summed E-state index contributed by atoms with van der Waals surface area (Å²) in [6.45, 7) is 1.88. The average Bonchev–Trinajstić information content (AvgIpc) is 3.07. The fraction of sp³-hybridized carbons (Fsp3) is 0.333. The van der Waals surface area contributed by atoms with E-state index in [0.717, 1.165) is 11.1 Å². The van der Waals surface area contributed by atoms with Crippen LogP contribution in [0.15, 0.2) is 35.7 Å². The molecular formula is C15H17BN4O4. The number of hydrogen-bond donors (Lipinski definition) is 2. The minimum absolute atomic E-state index is 0.00914. The number of hydrogen-bond acceptors (Lipinski definition) is 7. The number of aryl methyl sites for hydroxylation is 1. The first-order valence-corrected chi connectivity index (χ1v) is 7.60. The van der Waals surface area contributed by atoms with Gasteiger partial charge < -0.3 is 14.9 Å². The quantitative estimate of drug-likeness (QED) is 0.365. The summed E-state index contributed by atoms with van der Waals surface area (Å²) in [5, 5.41) is 30.1. The lowest BCUT2D eigenvalue weighted by molar-refractivity contribution is -0.113. The third-order valence-electron chi connectivity index (χ3n) is 4.07. The lowest BCUT2D eigenvalue weighted by atomic mass is 9.64. The van der Waals surface area contributed by atoms with Crippen molar-refractivity contribution in [2.45, 2.75) is 32.1 Å². The van der Waals surface area contributed by atoms with Gasteiger partial charge in [-0.3, -0.25) is 4.79 Å².